The Balaban J connectivity index is 3.12. The van der Waals surface area contributed by atoms with Crippen LogP contribution in [0.1, 0.15) is 22.3 Å². The van der Waals surface area contributed by atoms with Gasteiger partial charge in [-0.3, -0.25) is 10.1 Å². The Bertz CT molecular complexity index is 485. The van der Waals surface area contributed by atoms with Crippen LogP contribution in [0.3, 0.4) is 0 Å². The second kappa shape index (κ2) is 6.80. The van der Waals surface area contributed by atoms with Crippen LogP contribution >= 0.6 is 12.6 Å². The lowest BCUT2D eigenvalue weighted by atomic mass is 10.1. The van der Waals surface area contributed by atoms with Crippen molar-refractivity contribution in [2.75, 3.05) is 12.9 Å². The Morgan fingerprint density at radius 1 is 1.56 bits per heavy atom. The highest BCUT2D eigenvalue weighted by atomic mass is 32.1. The molecule has 0 unspecified atom stereocenters. The van der Waals surface area contributed by atoms with E-state index in [0.717, 1.165) is 6.42 Å². The van der Waals surface area contributed by atoms with Crippen LogP contribution in [0, 0.1) is 10.1 Å². The first-order chi connectivity index (χ1) is 8.60. The van der Waals surface area contributed by atoms with Gasteiger partial charge in [-0.1, -0.05) is 12.2 Å². The number of hydrogen-bond acceptors (Lipinski definition) is 5. The highest BCUT2D eigenvalue weighted by molar-refractivity contribution is 7.80. The zero-order chi connectivity index (χ0) is 13.5. The van der Waals surface area contributed by atoms with E-state index < -0.39 is 10.9 Å². The number of nitrogens with zero attached hydrogens (tertiary/aromatic N) is 1. The number of rotatable bonds is 5. The zero-order valence-electron chi connectivity index (χ0n) is 9.83. The Morgan fingerprint density at radius 2 is 2.28 bits per heavy atom. The minimum Gasteiger partial charge on any atom is -0.465 e. The fraction of sp³-hybridized carbons (Fsp3) is 0.250. The standard InChI is InChI=1S/C12H13NO4S/c1-17-12(14)10-6-5-9(4-2-3-7-18)11(8-10)13(15)16/h2,4-6,8,18H,3,7H2,1H3. The molecule has 0 spiro atoms. The van der Waals surface area contributed by atoms with Gasteiger partial charge in [0, 0.05) is 6.07 Å². The molecule has 0 fully saturated rings. The number of nitro groups is 1. The Labute approximate surface area is 110 Å². The summed E-state index contributed by atoms with van der Waals surface area (Å²) in [5.41, 5.74) is 0.498. The van der Waals surface area contributed by atoms with E-state index in [9.17, 15) is 14.9 Å². The molecule has 0 saturated carbocycles. The first-order valence-corrected chi connectivity index (χ1v) is 5.87. The van der Waals surface area contributed by atoms with Gasteiger partial charge in [0.15, 0.2) is 0 Å². The molecule has 1 aromatic carbocycles. The van der Waals surface area contributed by atoms with Gasteiger partial charge in [-0.15, -0.1) is 0 Å². The molecule has 0 radical (unpaired) electrons. The third-order valence-corrected chi connectivity index (χ3v) is 2.50. The second-order valence-electron chi connectivity index (χ2n) is 3.44. The molecule has 0 N–H and O–H groups in total. The normalized spacial score (nSPS) is 10.6. The van der Waals surface area contributed by atoms with Crippen LogP contribution in [0.2, 0.25) is 0 Å². The number of methoxy groups -OCH3 is 1. The van der Waals surface area contributed by atoms with Gasteiger partial charge in [0.2, 0.25) is 0 Å². The average molecular weight is 267 g/mol. The highest BCUT2D eigenvalue weighted by Crippen LogP contribution is 2.22. The first-order valence-electron chi connectivity index (χ1n) is 5.24. The van der Waals surface area contributed by atoms with Crippen molar-refractivity contribution in [3.8, 4) is 0 Å². The number of nitro benzene ring substituents is 1. The average Bonchev–Trinajstić information content (AvgIpc) is 2.38. The summed E-state index contributed by atoms with van der Waals surface area (Å²) in [7, 11) is 1.23. The highest BCUT2D eigenvalue weighted by Gasteiger charge is 2.16. The lowest BCUT2D eigenvalue weighted by molar-refractivity contribution is -0.385. The summed E-state index contributed by atoms with van der Waals surface area (Å²) < 4.78 is 4.52. The summed E-state index contributed by atoms with van der Waals surface area (Å²) in [4.78, 5) is 21.7. The summed E-state index contributed by atoms with van der Waals surface area (Å²) in [6, 6.07) is 4.24. The number of thiol groups is 1. The number of esters is 1. The largest absolute Gasteiger partial charge is 0.465 e. The van der Waals surface area contributed by atoms with Gasteiger partial charge in [-0.05, 0) is 24.3 Å². The predicted molar refractivity (Wildman–Crippen MR) is 71.9 cm³/mol. The molecule has 18 heavy (non-hydrogen) atoms. The first kappa shape index (κ1) is 14.2. The molecule has 5 nitrogen and oxygen atoms in total. The van der Waals surface area contributed by atoms with Gasteiger partial charge < -0.3 is 4.74 Å². The molecule has 0 aliphatic heterocycles. The fourth-order valence-corrected chi connectivity index (χ4v) is 1.52. The summed E-state index contributed by atoms with van der Waals surface area (Å²) in [5, 5.41) is 10.9. The molecule has 6 heteroatoms. The van der Waals surface area contributed by atoms with E-state index >= 15 is 0 Å². The smallest absolute Gasteiger partial charge is 0.338 e. The van der Waals surface area contributed by atoms with Crippen molar-refractivity contribution in [3.63, 3.8) is 0 Å². The summed E-state index contributed by atoms with van der Waals surface area (Å²) in [6.45, 7) is 0. The van der Waals surface area contributed by atoms with E-state index in [-0.39, 0.29) is 11.3 Å². The van der Waals surface area contributed by atoms with Gasteiger partial charge in [0.1, 0.15) is 0 Å². The van der Waals surface area contributed by atoms with E-state index in [1.54, 1.807) is 12.2 Å². The topological polar surface area (TPSA) is 69.4 Å². The van der Waals surface area contributed by atoms with Crippen molar-refractivity contribution in [2.24, 2.45) is 0 Å². The van der Waals surface area contributed by atoms with Crippen molar-refractivity contribution in [1.29, 1.82) is 0 Å². The van der Waals surface area contributed by atoms with E-state index in [0.29, 0.717) is 11.3 Å². The Kier molecular flexibility index (Phi) is 5.38. The molecular formula is C12H13NO4S. The van der Waals surface area contributed by atoms with Crippen molar-refractivity contribution in [3.05, 3.63) is 45.5 Å². The molecule has 1 rings (SSSR count). The summed E-state index contributed by atoms with van der Waals surface area (Å²) in [5.74, 6) is 0.0776. The number of benzene rings is 1. The third-order valence-electron chi connectivity index (χ3n) is 2.24. The van der Waals surface area contributed by atoms with Gasteiger partial charge in [-0.2, -0.15) is 12.6 Å². The van der Waals surface area contributed by atoms with Crippen LogP contribution in [-0.4, -0.2) is 23.8 Å². The zero-order valence-corrected chi connectivity index (χ0v) is 10.7. The third kappa shape index (κ3) is 3.59. The number of allylic oxidation sites excluding steroid dienone is 1. The van der Waals surface area contributed by atoms with Gasteiger partial charge in [0.25, 0.3) is 5.69 Å². The van der Waals surface area contributed by atoms with Gasteiger partial charge >= 0.3 is 5.97 Å². The number of carbonyl (C=O) groups is 1. The molecule has 0 bridgehead atoms. The Morgan fingerprint density at radius 3 is 2.83 bits per heavy atom. The molecule has 0 amide bonds. The minimum atomic E-state index is -0.594. The molecule has 0 aliphatic rings. The van der Waals surface area contributed by atoms with E-state index in [1.807, 2.05) is 0 Å². The van der Waals surface area contributed by atoms with E-state index in [1.165, 1.54) is 25.3 Å². The molecular weight excluding hydrogens is 254 g/mol. The van der Waals surface area contributed by atoms with Crippen LogP contribution in [0.15, 0.2) is 24.3 Å². The van der Waals surface area contributed by atoms with Crippen LogP contribution < -0.4 is 0 Å². The van der Waals surface area contributed by atoms with Crippen molar-refractivity contribution < 1.29 is 14.5 Å². The molecule has 0 aliphatic carbocycles. The van der Waals surface area contributed by atoms with Crippen LogP contribution in [0.25, 0.3) is 6.08 Å². The van der Waals surface area contributed by atoms with Crippen LogP contribution in [0.4, 0.5) is 5.69 Å². The van der Waals surface area contributed by atoms with Crippen molar-refractivity contribution >= 4 is 30.4 Å². The van der Waals surface area contributed by atoms with Crippen molar-refractivity contribution in [1.82, 2.24) is 0 Å². The Hall–Kier alpha value is -1.82. The molecule has 96 valence electrons. The molecule has 0 heterocycles. The second-order valence-corrected chi connectivity index (χ2v) is 3.88. The monoisotopic (exact) mass is 267 g/mol. The molecule has 0 aromatic heterocycles. The number of ether oxygens (including phenoxy) is 1. The molecule has 0 atom stereocenters. The molecule has 0 saturated heterocycles. The number of hydrogen-bond donors (Lipinski definition) is 1. The van der Waals surface area contributed by atoms with E-state index in [2.05, 4.69) is 17.4 Å². The maximum atomic E-state index is 11.3. The molecule has 1 aromatic rings. The predicted octanol–water partition coefficient (Wildman–Crippen LogP) is 2.71. The lowest BCUT2D eigenvalue weighted by Gasteiger charge is -2.01. The summed E-state index contributed by atoms with van der Waals surface area (Å²) in [6.07, 6.45) is 4.17. The number of carbonyl (C=O) groups excluding carboxylic acids is 1. The lowest BCUT2D eigenvalue weighted by Crippen LogP contribution is -2.02. The SMILES string of the molecule is COC(=O)c1ccc(C=CCCS)c([N+](=O)[O-])c1. The fourth-order valence-electron chi connectivity index (χ4n) is 1.37. The van der Waals surface area contributed by atoms with Gasteiger partial charge in [0.05, 0.1) is 23.2 Å². The maximum absolute atomic E-state index is 11.3. The van der Waals surface area contributed by atoms with Crippen molar-refractivity contribution in [2.45, 2.75) is 6.42 Å². The van der Waals surface area contributed by atoms with Crippen LogP contribution in [0.5, 0.6) is 0 Å². The van der Waals surface area contributed by atoms with Crippen LogP contribution in [-0.2, 0) is 4.74 Å². The van der Waals surface area contributed by atoms with Gasteiger partial charge in [-0.25, -0.2) is 4.79 Å². The minimum absolute atomic E-state index is 0.117. The quantitative estimate of drug-likeness (QED) is 0.385. The maximum Gasteiger partial charge on any atom is 0.338 e. The summed E-state index contributed by atoms with van der Waals surface area (Å²) >= 11 is 4.04. The van der Waals surface area contributed by atoms with E-state index in [4.69, 9.17) is 0 Å².